The van der Waals surface area contributed by atoms with Crippen LogP contribution in [0.25, 0.3) is 0 Å². The largest absolute Gasteiger partial charge is 0.464 e. The molecule has 0 aliphatic rings. The predicted molar refractivity (Wildman–Crippen MR) is 36.0 cm³/mol. The van der Waals surface area contributed by atoms with E-state index in [1.165, 1.54) is 6.08 Å². The molecule has 0 saturated carbocycles. The summed E-state index contributed by atoms with van der Waals surface area (Å²) in [6, 6.07) is 0. The van der Waals surface area contributed by atoms with E-state index in [0.717, 1.165) is 7.11 Å². The molecule has 0 aromatic heterocycles. The summed E-state index contributed by atoms with van der Waals surface area (Å²) in [5.74, 6) is -1.70. The first-order valence-electron chi connectivity index (χ1n) is 3.03. The third kappa shape index (κ3) is 3.22. The Morgan fingerprint density at radius 3 is 2.40 bits per heavy atom. The highest BCUT2D eigenvalue weighted by Crippen LogP contribution is 2.04. The molecule has 0 bridgehead atoms. The van der Waals surface area contributed by atoms with Crippen LogP contribution in [0.1, 0.15) is 13.8 Å². The average molecular weight is 146 g/mol. The highest BCUT2D eigenvalue weighted by atomic mass is 19.1. The van der Waals surface area contributed by atoms with Gasteiger partial charge in [-0.15, -0.1) is 0 Å². The molecular formula is C7H11FO2. The minimum Gasteiger partial charge on any atom is -0.464 e. The third-order valence-corrected chi connectivity index (χ3v) is 0.860. The van der Waals surface area contributed by atoms with Gasteiger partial charge in [-0.3, -0.25) is 0 Å². The molecule has 0 aliphatic heterocycles. The van der Waals surface area contributed by atoms with Gasteiger partial charge in [0.25, 0.3) is 0 Å². The van der Waals surface area contributed by atoms with Crippen LogP contribution in [0.5, 0.6) is 0 Å². The fraction of sp³-hybridized carbons (Fsp3) is 0.571. The highest BCUT2D eigenvalue weighted by Gasteiger charge is 2.07. The Hall–Kier alpha value is -0.860. The SMILES string of the molecule is COC(=O)/C(F)=C\C(C)C. The number of hydrogen-bond donors (Lipinski definition) is 0. The molecular weight excluding hydrogens is 135 g/mol. The van der Waals surface area contributed by atoms with Gasteiger partial charge < -0.3 is 4.74 Å². The second kappa shape index (κ2) is 4.04. The molecule has 2 nitrogen and oxygen atoms in total. The number of esters is 1. The summed E-state index contributed by atoms with van der Waals surface area (Å²) in [6.07, 6.45) is 1.21. The lowest BCUT2D eigenvalue weighted by Gasteiger charge is -1.96. The summed E-state index contributed by atoms with van der Waals surface area (Å²) in [5, 5.41) is 0. The van der Waals surface area contributed by atoms with Crippen molar-refractivity contribution in [2.75, 3.05) is 7.11 Å². The molecule has 0 radical (unpaired) electrons. The summed E-state index contributed by atoms with van der Waals surface area (Å²) in [4.78, 5) is 10.4. The van der Waals surface area contributed by atoms with E-state index in [9.17, 15) is 9.18 Å². The van der Waals surface area contributed by atoms with E-state index < -0.39 is 11.8 Å². The minimum absolute atomic E-state index is 0.0269. The summed E-state index contributed by atoms with van der Waals surface area (Å²) in [5.41, 5.74) is 0. The lowest BCUT2D eigenvalue weighted by molar-refractivity contribution is -0.137. The van der Waals surface area contributed by atoms with Crippen LogP contribution in [0.15, 0.2) is 11.9 Å². The van der Waals surface area contributed by atoms with Crippen molar-refractivity contribution in [2.45, 2.75) is 13.8 Å². The summed E-state index contributed by atoms with van der Waals surface area (Å²) < 4.78 is 16.6. The number of carbonyl (C=O) groups is 1. The van der Waals surface area contributed by atoms with Gasteiger partial charge >= 0.3 is 5.97 Å². The molecule has 10 heavy (non-hydrogen) atoms. The molecule has 0 heterocycles. The van der Waals surface area contributed by atoms with Crippen LogP contribution in [0.2, 0.25) is 0 Å². The molecule has 0 aromatic carbocycles. The minimum atomic E-state index is -0.909. The third-order valence-electron chi connectivity index (χ3n) is 0.860. The van der Waals surface area contributed by atoms with Crippen molar-refractivity contribution in [3.05, 3.63) is 11.9 Å². The molecule has 58 valence electrons. The summed E-state index contributed by atoms with van der Waals surface area (Å²) >= 11 is 0. The van der Waals surface area contributed by atoms with E-state index in [0.29, 0.717) is 0 Å². The molecule has 0 aliphatic carbocycles. The number of allylic oxidation sites excluding steroid dienone is 1. The fourth-order valence-corrected chi connectivity index (χ4v) is 0.458. The van der Waals surface area contributed by atoms with Gasteiger partial charge in [-0.2, -0.15) is 4.39 Å². The van der Waals surface area contributed by atoms with Crippen molar-refractivity contribution in [3.8, 4) is 0 Å². The Morgan fingerprint density at radius 2 is 2.10 bits per heavy atom. The van der Waals surface area contributed by atoms with E-state index >= 15 is 0 Å². The van der Waals surface area contributed by atoms with E-state index in [1.54, 1.807) is 13.8 Å². The van der Waals surface area contributed by atoms with Gasteiger partial charge in [0.05, 0.1) is 7.11 Å². The van der Waals surface area contributed by atoms with Crippen molar-refractivity contribution in [3.63, 3.8) is 0 Å². The Morgan fingerprint density at radius 1 is 1.60 bits per heavy atom. The topological polar surface area (TPSA) is 26.3 Å². The van der Waals surface area contributed by atoms with Gasteiger partial charge in [0.2, 0.25) is 5.83 Å². The zero-order chi connectivity index (χ0) is 8.15. The number of ether oxygens (including phenoxy) is 1. The van der Waals surface area contributed by atoms with Crippen molar-refractivity contribution >= 4 is 5.97 Å². The molecule has 0 aromatic rings. The van der Waals surface area contributed by atoms with E-state index in [2.05, 4.69) is 4.74 Å². The number of rotatable bonds is 2. The maximum atomic E-state index is 12.4. The Labute approximate surface area is 59.7 Å². The van der Waals surface area contributed by atoms with Crippen LogP contribution in [-0.4, -0.2) is 13.1 Å². The second-order valence-corrected chi connectivity index (χ2v) is 2.25. The fourth-order valence-electron chi connectivity index (χ4n) is 0.458. The van der Waals surface area contributed by atoms with Crippen LogP contribution in [0.3, 0.4) is 0 Å². The Bertz CT molecular complexity index is 150. The molecule has 0 atom stereocenters. The van der Waals surface area contributed by atoms with Gasteiger partial charge in [0.1, 0.15) is 0 Å². The zero-order valence-corrected chi connectivity index (χ0v) is 6.35. The van der Waals surface area contributed by atoms with Gasteiger partial charge in [0.15, 0.2) is 0 Å². The van der Waals surface area contributed by atoms with Crippen molar-refractivity contribution in [2.24, 2.45) is 5.92 Å². The quantitative estimate of drug-likeness (QED) is 0.437. The predicted octanol–water partition coefficient (Wildman–Crippen LogP) is 1.67. The van der Waals surface area contributed by atoms with Gasteiger partial charge in [-0.25, -0.2) is 4.79 Å². The van der Waals surface area contributed by atoms with Gasteiger partial charge in [0, 0.05) is 0 Å². The van der Waals surface area contributed by atoms with Crippen LogP contribution < -0.4 is 0 Å². The molecule has 3 heteroatoms. The number of carbonyl (C=O) groups excluding carboxylic acids is 1. The lowest BCUT2D eigenvalue weighted by Crippen LogP contribution is -2.01. The second-order valence-electron chi connectivity index (χ2n) is 2.25. The van der Waals surface area contributed by atoms with Crippen molar-refractivity contribution in [1.29, 1.82) is 0 Å². The van der Waals surface area contributed by atoms with E-state index in [1.807, 2.05) is 0 Å². The number of methoxy groups -OCH3 is 1. The summed E-state index contributed by atoms with van der Waals surface area (Å²) in [6.45, 7) is 3.56. The number of hydrogen-bond acceptors (Lipinski definition) is 2. The molecule has 0 saturated heterocycles. The van der Waals surface area contributed by atoms with Crippen LogP contribution in [0.4, 0.5) is 4.39 Å². The Balaban J connectivity index is 4.05. The number of halogens is 1. The maximum absolute atomic E-state index is 12.4. The average Bonchev–Trinajstić information content (AvgIpc) is 1.85. The normalized spacial score (nSPS) is 11.9. The van der Waals surface area contributed by atoms with Gasteiger partial charge in [-0.1, -0.05) is 13.8 Å². The first-order valence-corrected chi connectivity index (χ1v) is 3.03. The van der Waals surface area contributed by atoms with Gasteiger partial charge in [-0.05, 0) is 12.0 Å². The van der Waals surface area contributed by atoms with Crippen LogP contribution >= 0.6 is 0 Å². The van der Waals surface area contributed by atoms with Crippen molar-refractivity contribution < 1.29 is 13.9 Å². The first-order chi connectivity index (χ1) is 4.57. The van der Waals surface area contributed by atoms with Crippen LogP contribution in [-0.2, 0) is 9.53 Å². The standard InChI is InChI=1S/C7H11FO2/c1-5(2)4-6(8)7(9)10-3/h4-5H,1-3H3/b6-4+. The smallest absolute Gasteiger partial charge is 0.366 e. The Kier molecular flexibility index (Phi) is 3.69. The monoisotopic (exact) mass is 146 g/mol. The summed E-state index contributed by atoms with van der Waals surface area (Å²) in [7, 11) is 1.15. The first kappa shape index (κ1) is 9.14. The molecule has 0 N–H and O–H groups in total. The zero-order valence-electron chi connectivity index (χ0n) is 6.35. The molecule has 0 amide bonds. The molecule has 0 unspecified atom stereocenters. The maximum Gasteiger partial charge on any atom is 0.366 e. The van der Waals surface area contributed by atoms with Crippen LogP contribution in [0, 0.1) is 5.92 Å². The lowest BCUT2D eigenvalue weighted by atomic mass is 10.2. The van der Waals surface area contributed by atoms with E-state index in [-0.39, 0.29) is 5.92 Å². The molecule has 0 spiro atoms. The van der Waals surface area contributed by atoms with E-state index in [4.69, 9.17) is 0 Å². The highest BCUT2D eigenvalue weighted by molar-refractivity contribution is 5.85. The van der Waals surface area contributed by atoms with Crippen molar-refractivity contribution in [1.82, 2.24) is 0 Å². The molecule has 0 fully saturated rings. The molecule has 0 rings (SSSR count).